The number of fused-ring (bicyclic) bond motifs is 7. The molecule has 1 aliphatic rings. The van der Waals surface area contributed by atoms with E-state index < -0.39 is 0 Å². The zero-order valence-corrected chi connectivity index (χ0v) is 13.4. The van der Waals surface area contributed by atoms with Gasteiger partial charge in [-0.25, -0.2) is 14.1 Å². The van der Waals surface area contributed by atoms with Crippen LogP contribution in [-0.2, 0) is 6.54 Å². The number of benzene rings is 2. The third-order valence-electron chi connectivity index (χ3n) is 4.90. The maximum absolute atomic E-state index is 4.82. The second kappa shape index (κ2) is 4.54. The van der Waals surface area contributed by atoms with Crippen molar-refractivity contribution >= 4 is 17.1 Å². The maximum Gasteiger partial charge on any atom is 0.299 e. The van der Waals surface area contributed by atoms with Crippen LogP contribution in [0.15, 0.2) is 73.1 Å². The van der Waals surface area contributed by atoms with E-state index in [0.717, 1.165) is 29.3 Å². The molecule has 5 aromatic rings. The van der Waals surface area contributed by atoms with E-state index in [1.54, 1.807) is 6.20 Å². The van der Waals surface area contributed by atoms with Gasteiger partial charge in [-0.05, 0) is 24.3 Å². The Balaban J connectivity index is 1.83. The Morgan fingerprint density at radius 3 is 2.68 bits per heavy atom. The van der Waals surface area contributed by atoms with E-state index >= 15 is 0 Å². The van der Waals surface area contributed by atoms with Crippen LogP contribution in [-0.4, -0.2) is 18.9 Å². The molecule has 0 N–H and O–H groups in total. The summed E-state index contributed by atoms with van der Waals surface area (Å²) in [6, 6.07) is 21.0. The van der Waals surface area contributed by atoms with E-state index in [9.17, 15) is 0 Å². The van der Waals surface area contributed by atoms with Gasteiger partial charge in [-0.2, -0.15) is 9.38 Å². The van der Waals surface area contributed by atoms with Crippen molar-refractivity contribution in [2.24, 2.45) is 0 Å². The van der Waals surface area contributed by atoms with Gasteiger partial charge < -0.3 is 0 Å². The third-order valence-corrected chi connectivity index (χ3v) is 4.90. The maximum atomic E-state index is 4.82. The summed E-state index contributed by atoms with van der Waals surface area (Å²) in [5.74, 6) is 1.90. The van der Waals surface area contributed by atoms with E-state index in [0.29, 0.717) is 0 Å². The number of rotatable bonds is 1. The number of imidazole rings is 2. The molecule has 0 unspecified atom stereocenters. The van der Waals surface area contributed by atoms with Crippen molar-refractivity contribution in [3.63, 3.8) is 0 Å². The Morgan fingerprint density at radius 2 is 1.76 bits per heavy atom. The molecule has 0 fully saturated rings. The van der Waals surface area contributed by atoms with Gasteiger partial charge in [0.05, 0.1) is 18.3 Å². The molecular formula is C20H14N5+. The third kappa shape index (κ3) is 1.59. The van der Waals surface area contributed by atoms with Crippen LogP contribution in [0.4, 0.5) is 0 Å². The Kier molecular flexibility index (Phi) is 2.34. The highest BCUT2D eigenvalue weighted by atomic mass is 15.3. The first-order chi connectivity index (χ1) is 12.4. The van der Waals surface area contributed by atoms with Crippen LogP contribution >= 0.6 is 0 Å². The van der Waals surface area contributed by atoms with Gasteiger partial charge in [0, 0.05) is 11.8 Å². The summed E-state index contributed by atoms with van der Waals surface area (Å²) >= 11 is 0. The summed E-state index contributed by atoms with van der Waals surface area (Å²) in [6.45, 7) is 0.852. The normalized spacial score (nSPS) is 12.6. The number of hydrogen-bond acceptors (Lipinski definition) is 2. The summed E-state index contributed by atoms with van der Waals surface area (Å²) in [5.41, 5.74) is 5.74. The highest BCUT2D eigenvalue weighted by molar-refractivity contribution is 5.78. The fourth-order valence-electron chi connectivity index (χ4n) is 3.87. The molecule has 0 saturated heterocycles. The molecule has 3 aromatic heterocycles. The van der Waals surface area contributed by atoms with Gasteiger partial charge in [-0.1, -0.05) is 36.4 Å². The number of nitrogens with zero attached hydrogens (tertiary/aromatic N) is 5. The van der Waals surface area contributed by atoms with Crippen LogP contribution < -0.4 is 4.57 Å². The molecule has 118 valence electrons. The highest BCUT2D eigenvalue weighted by Gasteiger charge is 2.36. The van der Waals surface area contributed by atoms with Crippen molar-refractivity contribution in [2.45, 2.75) is 6.54 Å². The summed E-state index contributed by atoms with van der Waals surface area (Å²) in [7, 11) is 0. The molecule has 4 heterocycles. The lowest BCUT2D eigenvalue weighted by Gasteiger charge is -2.02. The lowest BCUT2D eigenvalue weighted by Crippen LogP contribution is -2.32. The fraction of sp³-hybridized carbons (Fsp3) is 0.0500. The van der Waals surface area contributed by atoms with Crippen LogP contribution in [0.1, 0.15) is 5.56 Å². The summed E-state index contributed by atoms with van der Waals surface area (Å²) < 4.78 is 6.66. The van der Waals surface area contributed by atoms with E-state index in [1.165, 1.54) is 17.0 Å². The summed E-state index contributed by atoms with van der Waals surface area (Å²) in [4.78, 5) is 9.25. The molecule has 0 radical (unpaired) electrons. The quantitative estimate of drug-likeness (QED) is 0.436. The second-order valence-electron chi connectivity index (χ2n) is 6.29. The smallest absolute Gasteiger partial charge is 0.222 e. The minimum atomic E-state index is 0.725. The summed E-state index contributed by atoms with van der Waals surface area (Å²) in [6.07, 6.45) is 3.82. The minimum absolute atomic E-state index is 0.725. The van der Waals surface area contributed by atoms with Crippen LogP contribution in [0.25, 0.3) is 34.1 Å². The second-order valence-corrected chi connectivity index (χ2v) is 6.29. The van der Waals surface area contributed by atoms with Crippen molar-refractivity contribution < 1.29 is 4.57 Å². The van der Waals surface area contributed by atoms with Crippen LogP contribution in [0.2, 0.25) is 0 Å². The van der Waals surface area contributed by atoms with Crippen LogP contribution in [0.3, 0.4) is 0 Å². The average Bonchev–Trinajstić information content (AvgIpc) is 3.29. The molecule has 6 rings (SSSR count). The highest BCUT2D eigenvalue weighted by Crippen LogP contribution is 2.33. The molecule has 0 bridgehead atoms. The van der Waals surface area contributed by atoms with E-state index in [1.807, 2.05) is 18.3 Å². The standard InChI is InChI=1S/C20H14N5/c1-2-8-15(9-3-1)25-17-19(23-12-6-11-21-20(23)22-17)24-13-14-7-4-5-10-16(14)18(24)25/h1-12H,13H2/q+1. The van der Waals surface area contributed by atoms with E-state index in [2.05, 4.69) is 67.0 Å². The minimum Gasteiger partial charge on any atom is -0.222 e. The zero-order chi connectivity index (χ0) is 16.4. The molecular weight excluding hydrogens is 310 g/mol. The molecule has 0 amide bonds. The molecule has 5 nitrogen and oxygen atoms in total. The predicted molar refractivity (Wildman–Crippen MR) is 94.6 cm³/mol. The number of hydrogen-bond donors (Lipinski definition) is 0. The first-order valence-corrected chi connectivity index (χ1v) is 8.33. The van der Waals surface area contributed by atoms with Crippen molar-refractivity contribution in [1.29, 1.82) is 0 Å². The monoisotopic (exact) mass is 324 g/mol. The Labute approximate surface area is 143 Å². The Bertz CT molecular complexity index is 1260. The predicted octanol–water partition coefficient (Wildman–Crippen LogP) is 2.99. The molecule has 0 saturated carbocycles. The molecule has 1 aliphatic heterocycles. The van der Waals surface area contributed by atoms with Gasteiger partial charge in [-0.3, -0.25) is 0 Å². The molecule has 0 aliphatic carbocycles. The fourth-order valence-corrected chi connectivity index (χ4v) is 3.87. The SMILES string of the molecule is c1ccc(-n2c3[n+](c4c2nc2ncccn24)Cc2ccccc2-3)cc1. The zero-order valence-electron chi connectivity index (χ0n) is 13.4. The van der Waals surface area contributed by atoms with E-state index in [4.69, 9.17) is 4.98 Å². The lowest BCUT2D eigenvalue weighted by molar-refractivity contribution is -0.648. The number of aromatic nitrogens is 5. The molecule has 0 atom stereocenters. The van der Waals surface area contributed by atoms with Crippen molar-refractivity contribution in [2.75, 3.05) is 0 Å². The largest absolute Gasteiger partial charge is 0.299 e. The first kappa shape index (κ1) is 12.9. The van der Waals surface area contributed by atoms with E-state index in [-0.39, 0.29) is 0 Å². The molecule has 25 heavy (non-hydrogen) atoms. The summed E-state index contributed by atoms with van der Waals surface area (Å²) in [5, 5.41) is 0. The van der Waals surface area contributed by atoms with Gasteiger partial charge in [-0.15, -0.1) is 0 Å². The van der Waals surface area contributed by atoms with Gasteiger partial charge in [0.2, 0.25) is 5.82 Å². The van der Waals surface area contributed by atoms with Crippen LogP contribution in [0, 0.1) is 0 Å². The first-order valence-electron chi connectivity index (χ1n) is 8.33. The van der Waals surface area contributed by atoms with Gasteiger partial charge in [0.1, 0.15) is 5.69 Å². The van der Waals surface area contributed by atoms with Crippen molar-refractivity contribution in [1.82, 2.24) is 18.9 Å². The molecule has 0 spiro atoms. The Hall–Kier alpha value is -3.47. The Morgan fingerprint density at radius 1 is 0.920 bits per heavy atom. The molecule has 5 heteroatoms. The molecule has 2 aromatic carbocycles. The lowest BCUT2D eigenvalue weighted by atomic mass is 10.1. The van der Waals surface area contributed by atoms with Gasteiger partial charge in [0.15, 0.2) is 0 Å². The van der Waals surface area contributed by atoms with Gasteiger partial charge in [0.25, 0.3) is 17.1 Å². The van der Waals surface area contributed by atoms with Crippen LogP contribution in [0.5, 0.6) is 0 Å². The topological polar surface area (TPSA) is 39.0 Å². The number of para-hydroxylation sites is 1. The van der Waals surface area contributed by atoms with Crippen molar-refractivity contribution in [3.8, 4) is 17.1 Å². The van der Waals surface area contributed by atoms with Gasteiger partial charge >= 0.3 is 0 Å². The average molecular weight is 324 g/mol. The van der Waals surface area contributed by atoms with Crippen molar-refractivity contribution in [3.05, 3.63) is 78.6 Å².